The number of benzene rings is 1. The van der Waals surface area contributed by atoms with Gasteiger partial charge in [0, 0.05) is 30.1 Å². The molecule has 26 heavy (non-hydrogen) atoms. The zero-order valence-corrected chi connectivity index (χ0v) is 15.3. The summed E-state index contributed by atoms with van der Waals surface area (Å²) >= 11 is 1.61. The van der Waals surface area contributed by atoms with Gasteiger partial charge in [-0.1, -0.05) is 12.1 Å². The zero-order valence-electron chi connectivity index (χ0n) is 14.5. The van der Waals surface area contributed by atoms with Crippen molar-refractivity contribution in [1.29, 1.82) is 0 Å². The van der Waals surface area contributed by atoms with E-state index in [0.717, 1.165) is 4.88 Å². The molecule has 1 aliphatic rings. The molecule has 0 saturated carbocycles. The average Bonchev–Trinajstić information content (AvgIpc) is 3.28. The molecule has 1 N–H and O–H groups in total. The SMILES string of the molecule is COC1CC(CC(=O)O)N(C(=O)c2cccc(OCc3cccs3)c2)C1. The molecule has 0 aliphatic carbocycles. The van der Waals surface area contributed by atoms with E-state index >= 15 is 0 Å². The summed E-state index contributed by atoms with van der Waals surface area (Å²) in [4.78, 5) is 26.7. The third-order valence-electron chi connectivity index (χ3n) is 4.42. The fourth-order valence-electron chi connectivity index (χ4n) is 3.12. The van der Waals surface area contributed by atoms with Crippen molar-refractivity contribution in [2.24, 2.45) is 0 Å². The smallest absolute Gasteiger partial charge is 0.305 e. The fraction of sp³-hybridized carbons (Fsp3) is 0.368. The van der Waals surface area contributed by atoms with Gasteiger partial charge in [-0.15, -0.1) is 11.3 Å². The van der Waals surface area contributed by atoms with Crippen LogP contribution in [0.4, 0.5) is 0 Å². The van der Waals surface area contributed by atoms with Crippen LogP contribution in [0, 0.1) is 0 Å². The van der Waals surface area contributed by atoms with Gasteiger partial charge >= 0.3 is 5.97 Å². The van der Waals surface area contributed by atoms with Crippen LogP contribution in [0.2, 0.25) is 0 Å². The third-order valence-corrected chi connectivity index (χ3v) is 5.27. The number of likely N-dealkylation sites (tertiary alicyclic amines) is 1. The molecule has 0 spiro atoms. The van der Waals surface area contributed by atoms with E-state index < -0.39 is 5.97 Å². The Kier molecular flexibility index (Phi) is 5.90. The van der Waals surface area contributed by atoms with E-state index in [1.807, 2.05) is 17.5 Å². The Labute approximate surface area is 156 Å². The van der Waals surface area contributed by atoms with Crippen LogP contribution in [0.15, 0.2) is 41.8 Å². The highest BCUT2D eigenvalue weighted by molar-refractivity contribution is 7.09. The lowest BCUT2D eigenvalue weighted by Crippen LogP contribution is -2.37. The second-order valence-electron chi connectivity index (χ2n) is 6.20. The number of carbonyl (C=O) groups excluding carboxylic acids is 1. The Morgan fingerprint density at radius 3 is 2.85 bits per heavy atom. The number of carboxylic acid groups (broad SMARTS) is 1. The number of thiophene rings is 1. The normalized spacial score (nSPS) is 19.5. The van der Waals surface area contributed by atoms with Gasteiger partial charge in [-0.3, -0.25) is 9.59 Å². The molecule has 2 aromatic rings. The lowest BCUT2D eigenvalue weighted by Gasteiger charge is -2.23. The summed E-state index contributed by atoms with van der Waals surface area (Å²) in [6.07, 6.45) is 0.310. The van der Waals surface area contributed by atoms with Gasteiger partial charge in [0.25, 0.3) is 5.91 Å². The van der Waals surface area contributed by atoms with E-state index in [0.29, 0.717) is 30.9 Å². The van der Waals surface area contributed by atoms with Crippen molar-refractivity contribution >= 4 is 23.2 Å². The predicted molar refractivity (Wildman–Crippen MR) is 97.6 cm³/mol. The summed E-state index contributed by atoms with van der Waals surface area (Å²) in [5, 5.41) is 11.1. The van der Waals surface area contributed by atoms with Crippen molar-refractivity contribution in [2.75, 3.05) is 13.7 Å². The molecule has 1 aromatic heterocycles. The first kappa shape index (κ1) is 18.4. The van der Waals surface area contributed by atoms with Gasteiger partial charge in [0.15, 0.2) is 0 Å². The Bertz CT molecular complexity index is 761. The van der Waals surface area contributed by atoms with Gasteiger partial charge < -0.3 is 19.5 Å². The van der Waals surface area contributed by atoms with Crippen LogP contribution in [-0.4, -0.2) is 47.7 Å². The molecular formula is C19H21NO5S. The first-order chi connectivity index (χ1) is 12.6. The number of ether oxygens (including phenoxy) is 2. The van der Waals surface area contributed by atoms with E-state index in [2.05, 4.69) is 0 Å². The number of methoxy groups -OCH3 is 1. The highest BCUT2D eigenvalue weighted by Crippen LogP contribution is 2.26. The van der Waals surface area contributed by atoms with Crippen LogP contribution in [0.1, 0.15) is 28.1 Å². The first-order valence-corrected chi connectivity index (χ1v) is 9.25. The van der Waals surface area contributed by atoms with Gasteiger partial charge in [0.05, 0.1) is 12.5 Å². The summed E-state index contributed by atoms with van der Waals surface area (Å²) in [5.74, 6) is -0.503. The monoisotopic (exact) mass is 375 g/mol. The lowest BCUT2D eigenvalue weighted by molar-refractivity contribution is -0.137. The molecule has 2 unspecified atom stereocenters. The number of hydrogen-bond donors (Lipinski definition) is 1. The summed E-state index contributed by atoms with van der Waals surface area (Å²) in [7, 11) is 1.58. The van der Waals surface area contributed by atoms with E-state index in [1.165, 1.54) is 0 Å². The Morgan fingerprint density at radius 2 is 2.15 bits per heavy atom. The maximum Gasteiger partial charge on any atom is 0.305 e. The molecule has 3 rings (SSSR count). The lowest BCUT2D eigenvalue weighted by atomic mass is 10.1. The second-order valence-corrected chi connectivity index (χ2v) is 7.23. The molecule has 138 valence electrons. The molecule has 1 aliphatic heterocycles. The summed E-state index contributed by atoms with van der Waals surface area (Å²) in [6.45, 7) is 0.847. The van der Waals surface area contributed by atoms with Crippen LogP contribution in [0.5, 0.6) is 5.75 Å². The van der Waals surface area contributed by atoms with Crippen LogP contribution in [-0.2, 0) is 16.1 Å². The topological polar surface area (TPSA) is 76.1 Å². The van der Waals surface area contributed by atoms with Crippen molar-refractivity contribution < 1.29 is 24.2 Å². The van der Waals surface area contributed by atoms with Gasteiger partial charge in [0.2, 0.25) is 0 Å². The minimum absolute atomic E-state index is 0.0832. The molecular weight excluding hydrogens is 354 g/mol. The van der Waals surface area contributed by atoms with E-state index in [4.69, 9.17) is 14.6 Å². The van der Waals surface area contributed by atoms with E-state index in [9.17, 15) is 9.59 Å². The van der Waals surface area contributed by atoms with Crippen molar-refractivity contribution in [3.8, 4) is 5.75 Å². The standard InChI is InChI=1S/C19H21NO5S/c1-24-16-9-14(10-18(21)22)20(11-16)19(23)13-4-2-5-15(8-13)25-12-17-6-3-7-26-17/h2-8,14,16H,9-12H2,1H3,(H,21,22). The maximum atomic E-state index is 12.9. The molecule has 1 amide bonds. The molecule has 0 radical (unpaired) electrons. The average molecular weight is 375 g/mol. The molecule has 1 fully saturated rings. The Balaban J connectivity index is 1.71. The molecule has 1 saturated heterocycles. The van der Waals surface area contributed by atoms with Crippen LogP contribution in [0.25, 0.3) is 0 Å². The fourth-order valence-corrected chi connectivity index (χ4v) is 3.74. The van der Waals surface area contributed by atoms with Crippen LogP contribution < -0.4 is 4.74 Å². The minimum atomic E-state index is -0.919. The van der Waals surface area contributed by atoms with Gasteiger partial charge in [-0.2, -0.15) is 0 Å². The third kappa shape index (κ3) is 4.42. The summed E-state index contributed by atoms with van der Waals surface area (Å²) < 4.78 is 11.1. The molecule has 1 aromatic carbocycles. The quantitative estimate of drug-likeness (QED) is 0.805. The van der Waals surface area contributed by atoms with Crippen LogP contribution in [0.3, 0.4) is 0 Å². The molecule has 6 nitrogen and oxygen atoms in total. The van der Waals surface area contributed by atoms with Crippen molar-refractivity contribution in [3.05, 3.63) is 52.2 Å². The van der Waals surface area contributed by atoms with Gasteiger partial charge in [-0.05, 0) is 36.1 Å². The largest absolute Gasteiger partial charge is 0.488 e. The predicted octanol–water partition coefficient (Wildman–Crippen LogP) is 3.03. The van der Waals surface area contributed by atoms with Crippen molar-refractivity contribution in [2.45, 2.75) is 31.6 Å². The highest BCUT2D eigenvalue weighted by atomic mass is 32.1. The molecule has 0 bridgehead atoms. The number of carbonyl (C=O) groups is 2. The Morgan fingerprint density at radius 1 is 1.31 bits per heavy atom. The highest BCUT2D eigenvalue weighted by Gasteiger charge is 2.36. The summed E-state index contributed by atoms with van der Waals surface area (Å²) in [5.41, 5.74) is 0.487. The minimum Gasteiger partial charge on any atom is -0.488 e. The maximum absolute atomic E-state index is 12.9. The number of rotatable bonds is 7. The number of aliphatic carboxylic acids is 1. The second kappa shape index (κ2) is 8.33. The van der Waals surface area contributed by atoms with Crippen LogP contribution >= 0.6 is 11.3 Å². The van der Waals surface area contributed by atoms with E-state index in [1.54, 1.807) is 47.6 Å². The first-order valence-electron chi connectivity index (χ1n) is 8.37. The number of hydrogen-bond acceptors (Lipinski definition) is 5. The zero-order chi connectivity index (χ0) is 18.5. The molecule has 7 heteroatoms. The van der Waals surface area contributed by atoms with Gasteiger partial charge in [0.1, 0.15) is 12.4 Å². The number of amides is 1. The number of carboxylic acids is 1. The van der Waals surface area contributed by atoms with E-state index in [-0.39, 0.29) is 24.5 Å². The molecule has 2 atom stereocenters. The number of nitrogens with zero attached hydrogens (tertiary/aromatic N) is 1. The molecule has 2 heterocycles. The van der Waals surface area contributed by atoms with Gasteiger partial charge in [-0.25, -0.2) is 0 Å². The Hall–Kier alpha value is -2.38. The van der Waals surface area contributed by atoms with Crippen molar-refractivity contribution in [1.82, 2.24) is 4.90 Å². The van der Waals surface area contributed by atoms with Crippen molar-refractivity contribution in [3.63, 3.8) is 0 Å². The summed E-state index contributed by atoms with van der Waals surface area (Å²) in [6, 6.07) is 10.6.